The molecular formula is C15H11NO4S. The Bertz CT molecular complexity index is 846. The number of carbonyl (C=O) groups excluding carboxylic acids is 1. The predicted molar refractivity (Wildman–Crippen MR) is 80.2 cm³/mol. The van der Waals surface area contributed by atoms with Crippen molar-refractivity contribution in [2.24, 2.45) is 0 Å². The summed E-state index contributed by atoms with van der Waals surface area (Å²) in [6.07, 6.45) is 0. The molecule has 0 radical (unpaired) electrons. The third-order valence-electron chi connectivity index (χ3n) is 3.17. The second-order valence-electron chi connectivity index (χ2n) is 4.48. The maximum Gasteiger partial charge on any atom is 0.338 e. The van der Waals surface area contributed by atoms with E-state index in [4.69, 9.17) is 9.52 Å². The zero-order valence-electron chi connectivity index (χ0n) is 11.0. The summed E-state index contributed by atoms with van der Waals surface area (Å²) in [5.74, 6) is -1.33. The van der Waals surface area contributed by atoms with Gasteiger partial charge in [-0.25, -0.2) is 4.79 Å². The van der Waals surface area contributed by atoms with Gasteiger partial charge in [-0.2, -0.15) is 0 Å². The number of benzene rings is 1. The third-order valence-corrected chi connectivity index (χ3v) is 4.00. The summed E-state index contributed by atoms with van der Waals surface area (Å²) in [6.45, 7) is 1.80. The van der Waals surface area contributed by atoms with Gasteiger partial charge in [-0.1, -0.05) is 18.2 Å². The minimum Gasteiger partial charge on any atom is -0.478 e. The summed E-state index contributed by atoms with van der Waals surface area (Å²) in [7, 11) is 0. The van der Waals surface area contributed by atoms with Crippen molar-refractivity contribution in [3.05, 3.63) is 52.6 Å². The first-order valence-electron chi connectivity index (χ1n) is 6.18. The number of carbonyl (C=O) groups is 2. The molecule has 0 unspecified atom stereocenters. The Hall–Kier alpha value is -2.60. The van der Waals surface area contributed by atoms with Gasteiger partial charge in [0.05, 0.1) is 5.56 Å². The Balaban J connectivity index is 1.96. The van der Waals surface area contributed by atoms with Gasteiger partial charge in [0.1, 0.15) is 10.6 Å². The van der Waals surface area contributed by atoms with Gasteiger partial charge in [0.2, 0.25) is 0 Å². The van der Waals surface area contributed by atoms with Gasteiger partial charge in [0, 0.05) is 10.9 Å². The molecule has 0 aliphatic rings. The number of nitrogens with one attached hydrogen (secondary N) is 1. The first-order chi connectivity index (χ1) is 10.1. The summed E-state index contributed by atoms with van der Waals surface area (Å²) in [5, 5.41) is 14.4. The predicted octanol–water partition coefficient (Wildman–Crippen LogP) is 3.75. The van der Waals surface area contributed by atoms with Crippen LogP contribution in [0.25, 0.3) is 11.0 Å². The molecule has 5 nitrogen and oxygen atoms in total. The zero-order valence-corrected chi connectivity index (χ0v) is 11.9. The summed E-state index contributed by atoms with van der Waals surface area (Å²) in [4.78, 5) is 23.3. The fourth-order valence-corrected chi connectivity index (χ4v) is 2.90. The Morgan fingerprint density at radius 2 is 2.00 bits per heavy atom. The van der Waals surface area contributed by atoms with Crippen molar-refractivity contribution in [1.82, 2.24) is 0 Å². The molecule has 0 spiro atoms. The SMILES string of the molecule is Cc1c(C(=O)Nc2sccc2C(=O)O)oc2ccccc12. The van der Waals surface area contributed by atoms with Crippen molar-refractivity contribution in [1.29, 1.82) is 0 Å². The zero-order chi connectivity index (χ0) is 15.0. The van der Waals surface area contributed by atoms with E-state index < -0.39 is 11.9 Å². The van der Waals surface area contributed by atoms with Crippen molar-refractivity contribution < 1.29 is 19.1 Å². The van der Waals surface area contributed by atoms with Gasteiger partial charge in [-0.05, 0) is 24.4 Å². The first kappa shape index (κ1) is 13.4. The number of anilines is 1. The molecule has 0 saturated carbocycles. The number of para-hydroxylation sites is 1. The number of amides is 1. The molecule has 2 heterocycles. The molecule has 0 saturated heterocycles. The number of rotatable bonds is 3. The van der Waals surface area contributed by atoms with Crippen LogP contribution in [-0.2, 0) is 0 Å². The van der Waals surface area contributed by atoms with Gasteiger partial charge in [0.25, 0.3) is 5.91 Å². The van der Waals surface area contributed by atoms with Crippen molar-refractivity contribution in [2.75, 3.05) is 5.32 Å². The van der Waals surface area contributed by atoms with Crippen LogP contribution in [0.4, 0.5) is 5.00 Å². The molecule has 2 N–H and O–H groups in total. The van der Waals surface area contributed by atoms with Gasteiger partial charge in [-0.3, -0.25) is 4.79 Å². The Kier molecular flexibility index (Phi) is 3.23. The monoisotopic (exact) mass is 301 g/mol. The quantitative estimate of drug-likeness (QED) is 0.772. The molecule has 1 aromatic carbocycles. The summed E-state index contributed by atoms with van der Waals surface area (Å²) < 4.78 is 5.55. The second kappa shape index (κ2) is 5.06. The van der Waals surface area contributed by atoms with E-state index >= 15 is 0 Å². The van der Waals surface area contributed by atoms with Crippen LogP contribution < -0.4 is 5.32 Å². The lowest BCUT2D eigenvalue weighted by Crippen LogP contribution is -2.13. The van der Waals surface area contributed by atoms with Crippen LogP contribution >= 0.6 is 11.3 Å². The number of thiophene rings is 1. The van der Waals surface area contributed by atoms with E-state index in [1.807, 2.05) is 18.2 Å². The highest BCUT2D eigenvalue weighted by Gasteiger charge is 2.20. The highest BCUT2D eigenvalue weighted by molar-refractivity contribution is 7.14. The van der Waals surface area contributed by atoms with Crippen LogP contribution in [0.2, 0.25) is 0 Å². The van der Waals surface area contributed by atoms with Crippen LogP contribution in [0.3, 0.4) is 0 Å². The number of carboxylic acid groups (broad SMARTS) is 1. The lowest BCUT2D eigenvalue weighted by molar-refractivity contribution is 0.0698. The number of carboxylic acids is 1. The topological polar surface area (TPSA) is 79.5 Å². The number of fused-ring (bicyclic) bond motifs is 1. The highest BCUT2D eigenvalue weighted by Crippen LogP contribution is 2.28. The average molecular weight is 301 g/mol. The Morgan fingerprint density at radius 1 is 1.24 bits per heavy atom. The van der Waals surface area contributed by atoms with E-state index in [9.17, 15) is 9.59 Å². The minimum atomic E-state index is -1.08. The highest BCUT2D eigenvalue weighted by atomic mass is 32.1. The van der Waals surface area contributed by atoms with E-state index in [1.165, 1.54) is 6.07 Å². The van der Waals surface area contributed by atoms with E-state index in [0.717, 1.165) is 22.3 Å². The third kappa shape index (κ3) is 2.30. The molecular weight excluding hydrogens is 290 g/mol. The molecule has 1 amide bonds. The van der Waals surface area contributed by atoms with Gasteiger partial charge in [0.15, 0.2) is 5.76 Å². The number of aromatic carboxylic acids is 1. The maximum atomic E-state index is 12.3. The van der Waals surface area contributed by atoms with E-state index in [0.29, 0.717) is 10.6 Å². The second-order valence-corrected chi connectivity index (χ2v) is 5.39. The fraction of sp³-hybridized carbons (Fsp3) is 0.0667. The normalized spacial score (nSPS) is 10.7. The van der Waals surface area contributed by atoms with Gasteiger partial charge in [-0.15, -0.1) is 11.3 Å². The number of hydrogen-bond acceptors (Lipinski definition) is 4. The molecule has 6 heteroatoms. The van der Waals surface area contributed by atoms with Crippen LogP contribution in [0.5, 0.6) is 0 Å². The lowest BCUT2D eigenvalue weighted by Gasteiger charge is -2.02. The molecule has 2 aromatic heterocycles. The summed E-state index contributed by atoms with van der Waals surface area (Å²) in [6, 6.07) is 8.81. The smallest absolute Gasteiger partial charge is 0.338 e. The Labute approximate surface area is 123 Å². The van der Waals surface area contributed by atoms with Crippen molar-refractivity contribution >= 4 is 39.2 Å². The van der Waals surface area contributed by atoms with Crippen molar-refractivity contribution in [3.63, 3.8) is 0 Å². The summed E-state index contributed by atoms with van der Waals surface area (Å²) in [5.41, 5.74) is 1.43. The minimum absolute atomic E-state index is 0.0714. The van der Waals surface area contributed by atoms with Gasteiger partial charge < -0.3 is 14.8 Å². The molecule has 0 aliphatic carbocycles. The van der Waals surface area contributed by atoms with Crippen LogP contribution in [0.1, 0.15) is 26.5 Å². The van der Waals surface area contributed by atoms with Crippen molar-refractivity contribution in [3.8, 4) is 0 Å². The summed E-state index contributed by atoms with van der Waals surface area (Å²) >= 11 is 1.16. The number of furan rings is 1. The van der Waals surface area contributed by atoms with E-state index in [1.54, 1.807) is 18.4 Å². The lowest BCUT2D eigenvalue weighted by atomic mass is 10.1. The molecule has 3 rings (SSSR count). The van der Waals surface area contributed by atoms with Crippen molar-refractivity contribution in [2.45, 2.75) is 6.92 Å². The Morgan fingerprint density at radius 3 is 2.71 bits per heavy atom. The fourth-order valence-electron chi connectivity index (χ4n) is 2.13. The number of hydrogen-bond donors (Lipinski definition) is 2. The van der Waals surface area contributed by atoms with Crippen LogP contribution in [0, 0.1) is 6.92 Å². The molecule has 0 aliphatic heterocycles. The number of aryl methyl sites for hydroxylation is 1. The molecule has 3 aromatic rings. The van der Waals surface area contributed by atoms with E-state index in [-0.39, 0.29) is 11.3 Å². The van der Waals surface area contributed by atoms with Crippen LogP contribution in [0.15, 0.2) is 40.1 Å². The molecule has 0 atom stereocenters. The van der Waals surface area contributed by atoms with E-state index in [2.05, 4.69) is 5.32 Å². The average Bonchev–Trinajstić information content (AvgIpc) is 3.04. The molecule has 0 bridgehead atoms. The standard InChI is InChI=1S/C15H11NO4S/c1-8-9-4-2-3-5-11(9)20-12(8)13(17)16-14-10(15(18)19)6-7-21-14/h2-7H,1H3,(H,16,17)(H,18,19). The van der Waals surface area contributed by atoms with Crippen LogP contribution in [-0.4, -0.2) is 17.0 Å². The maximum absolute atomic E-state index is 12.3. The van der Waals surface area contributed by atoms with Gasteiger partial charge >= 0.3 is 5.97 Å². The molecule has 106 valence electrons. The molecule has 0 fully saturated rings. The first-order valence-corrected chi connectivity index (χ1v) is 7.06. The molecule has 21 heavy (non-hydrogen) atoms. The largest absolute Gasteiger partial charge is 0.478 e.